The van der Waals surface area contributed by atoms with Crippen molar-refractivity contribution in [3.05, 3.63) is 29.8 Å². The lowest BCUT2D eigenvalue weighted by Gasteiger charge is -2.33. The van der Waals surface area contributed by atoms with Gasteiger partial charge in [-0.2, -0.15) is 0 Å². The van der Waals surface area contributed by atoms with Gasteiger partial charge < -0.3 is 10.5 Å². The average Bonchev–Trinajstić information content (AvgIpc) is 2.29. The Morgan fingerprint density at radius 1 is 1.12 bits per heavy atom. The van der Waals surface area contributed by atoms with Crippen LogP contribution in [0.5, 0.6) is 5.75 Å². The molecule has 1 aromatic rings. The van der Waals surface area contributed by atoms with Crippen LogP contribution in [0.15, 0.2) is 24.3 Å². The van der Waals surface area contributed by atoms with Crippen molar-refractivity contribution in [1.82, 2.24) is 0 Å². The Labute approximate surface area is 97.8 Å². The second-order valence-corrected chi connectivity index (χ2v) is 5.02. The molecule has 2 heteroatoms. The Bertz CT molecular complexity index is 325. The molecule has 0 aliphatic heterocycles. The summed E-state index contributed by atoms with van der Waals surface area (Å²) in [5.41, 5.74) is 7.47. The zero-order valence-electron chi connectivity index (χ0n) is 10.0. The summed E-state index contributed by atoms with van der Waals surface area (Å²) in [4.78, 5) is 0. The van der Waals surface area contributed by atoms with Crippen LogP contribution in [0.25, 0.3) is 0 Å². The zero-order valence-corrected chi connectivity index (χ0v) is 10.0. The largest absolute Gasteiger partial charge is 0.492 e. The number of nitrogens with two attached hydrogens (primary N) is 1. The molecular weight excluding hydrogens is 198 g/mol. The van der Waals surface area contributed by atoms with Crippen molar-refractivity contribution in [2.24, 2.45) is 5.73 Å². The van der Waals surface area contributed by atoms with Crippen molar-refractivity contribution in [1.29, 1.82) is 0 Å². The van der Waals surface area contributed by atoms with Gasteiger partial charge in [0.05, 0.1) is 5.54 Å². The van der Waals surface area contributed by atoms with Crippen LogP contribution < -0.4 is 10.5 Å². The lowest BCUT2D eigenvalue weighted by Crippen LogP contribution is -2.47. The molecule has 0 amide bonds. The Morgan fingerprint density at radius 3 is 2.38 bits per heavy atom. The minimum absolute atomic E-state index is 0.0941. The second-order valence-electron chi connectivity index (χ2n) is 5.02. The van der Waals surface area contributed by atoms with Gasteiger partial charge in [-0.1, -0.05) is 37.0 Å². The Kier molecular flexibility index (Phi) is 3.49. The Hall–Kier alpha value is -1.02. The summed E-state index contributed by atoms with van der Waals surface area (Å²) in [6.07, 6.45) is 6.00. The van der Waals surface area contributed by atoms with Gasteiger partial charge in [-0.15, -0.1) is 0 Å². The van der Waals surface area contributed by atoms with Crippen molar-refractivity contribution in [2.45, 2.75) is 44.6 Å². The molecule has 88 valence electrons. The highest BCUT2D eigenvalue weighted by molar-refractivity contribution is 5.26. The predicted molar refractivity (Wildman–Crippen MR) is 66.7 cm³/mol. The molecule has 0 radical (unpaired) electrons. The van der Waals surface area contributed by atoms with Gasteiger partial charge in [-0.3, -0.25) is 0 Å². The van der Waals surface area contributed by atoms with E-state index in [1.807, 2.05) is 12.1 Å². The van der Waals surface area contributed by atoms with Crippen molar-refractivity contribution in [3.8, 4) is 5.75 Å². The van der Waals surface area contributed by atoms with E-state index in [-0.39, 0.29) is 5.54 Å². The van der Waals surface area contributed by atoms with Gasteiger partial charge in [-0.05, 0) is 31.9 Å². The smallest absolute Gasteiger partial charge is 0.119 e. The maximum atomic E-state index is 6.31. The fraction of sp³-hybridized carbons (Fsp3) is 0.571. The van der Waals surface area contributed by atoms with E-state index >= 15 is 0 Å². The van der Waals surface area contributed by atoms with Crippen LogP contribution >= 0.6 is 0 Å². The van der Waals surface area contributed by atoms with E-state index in [1.165, 1.54) is 24.8 Å². The topological polar surface area (TPSA) is 35.2 Å². The minimum atomic E-state index is -0.0941. The molecule has 0 saturated heterocycles. The summed E-state index contributed by atoms with van der Waals surface area (Å²) < 4.78 is 5.78. The molecule has 0 bridgehead atoms. The van der Waals surface area contributed by atoms with Gasteiger partial charge >= 0.3 is 0 Å². The van der Waals surface area contributed by atoms with Gasteiger partial charge in [-0.25, -0.2) is 0 Å². The molecule has 1 saturated carbocycles. The zero-order chi connectivity index (χ0) is 11.4. The van der Waals surface area contributed by atoms with Crippen LogP contribution in [-0.4, -0.2) is 12.1 Å². The predicted octanol–water partition coefficient (Wildman–Crippen LogP) is 3.04. The fourth-order valence-corrected chi connectivity index (χ4v) is 2.26. The molecule has 16 heavy (non-hydrogen) atoms. The molecule has 0 heterocycles. The highest BCUT2D eigenvalue weighted by atomic mass is 16.5. The van der Waals surface area contributed by atoms with Crippen LogP contribution in [-0.2, 0) is 0 Å². The first-order valence-corrected chi connectivity index (χ1v) is 6.16. The number of aryl methyl sites for hydroxylation is 1. The number of hydrogen-bond acceptors (Lipinski definition) is 2. The first kappa shape index (κ1) is 11.5. The molecule has 2 N–H and O–H groups in total. The Balaban J connectivity index is 1.88. The Morgan fingerprint density at radius 2 is 1.75 bits per heavy atom. The van der Waals surface area contributed by atoms with Crippen molar-refractivity contribution < 1.29 is 4.74 Å². The summed E-state index contributed by atoms with van der Waals surface area (Å²) in [6.45, 7) is 2.73. The number of hydrogen-bond donors (Lipinski definition) is 1. The van der Waals surface area contributed by atoms with Gasteiger partial charge in [0.2, 0.25) is 0 Å². The van der Waals surface area contributed by atoms with E-state index in [1.54, 1.807) is 0 Å². The van der Waals surface area contributed by atoms with Crippen molar-refractivity contribution in [2.75, 3.05) is 6.61 Å². The maximum Gasteiger partial charge on any atom is 0.119 e. The van der Waals surface area contributed by atoms with Crippen LogP contribution in [0.1, 0.15) is 37.7 Å². The normalized spacial score (nSPS) is 19.4. The second kappa shape index (κ2) is 4.88. The van der Waals surface area contributed by atoms with Gasteiger partial charge in [0.1, 0.15) is 12.4 Å². The molecule has 0 unspecified atom stereocenters. The summed E-state index contributed by atoms with van der Waals surface area (Å²) >= 11 is 0. The molecule has 2 rings (SSSR count). The molecule has 1 aliphatic rings. The average molecular weight is 219 g/mol. The highest BCUT2D eigenvalue weighted by Crippen LogP contribution is 2.26. The summed E-state index contributed by atoms with van der Waals surface area (Å²) in [5.74, 6) is 0.931. The van der Waals surface area contributed by atoms with E-state index in [0.717, 1.165) is 18.6 Å². The van der Waals surface area contributed by atoms with Crippen molar-refractivity contribution >= 4 is 0 Å². The molecule has 1 aromatic carbocycles. The molecule has 2 nitrogen and oxygen atoms in total. The monoisotopic (exact) mass is 219 g/mol. The van der Waals surface area contributed by atoms with Gasteiger partial charge in [0.15, 0.2) is 0 Å². The van der Waals surface area contributed by atoms with Crippen molar-refractivity contribution in [3.63, 3.8) is 0 Å². The molecule has 0 atom stereocenters. The van der Waals surface area contributed by atoms with E-state index in [0.29, 0.717) is 6.61 Å². The first-order valence-electron chi connectivity index (χ1n) is 6.16. The quantitative estimate of drug-likeness (QED) is 0.848. The number of rotatable bonds is 3. The molecule has 1 fully saturated rings. The van der Waals surface area contributed by atoms with E-state index < -0.39 is 0 Å². The van der Waals surface area contributed by atoms with E-state index in [9.17, 15) is 0 Å². The number of ether oxygens (including phenoxy) is 1. The van der Waals surface area contributed by atoms with Crippen LogP contribution in [0.3, 0.4) is 0 Å². The summed E-state index contributed by atoms with van der Waals surface area (Å²) in [7, 11) is 0. The SMILES string of the molecule is Cc1ccc(OCC2(N)CCCCC2)cc1. The highest BCUT2D eigenvalue weighted by Gasteiger charge is 2.28. The number of benzene rings is 1. The third-order valence-electron chi connectivity index (χ3n) is 3.40. The van der Waals surface area contributed by atoms with E-state index in [4.69, 9.17) is 10.5 Å². The first-order chi connectivity index (χ1) is 7.68. The molecule has 1 aliphatic carbocycles. The third-order valence-corrected chi connectivity index (χ3v) is 3.40. The molecule has 0 aromatic heterocycles. The van der Waals surface area contributed by atoms with Gasteiger partial charge in [0, 0.05) is 0 Å². The summed E-state index contributed by atoms with van der Waals surface area (Å²) in [5, 5.41) is 0. The fourth-order valence-electron chi connectivity index (χ4n) is 2.26. The molecular formula is C14H21NO. The van der Waals surface area contributed by atoms with Crippen LogP contribution in [0, 0.1) is 6.92 Å². The minimum Gasteiger partial charge on any atom is -0.492 e. The third kappa shape index (κ3) is 2.99. The van der Waals surface area contributed by atoms with Gasteiger partial charge in [0.25, 0.3) is 0 Å². The van der Waals surface area contributed by atoms with Crippen LogP contribution in [0.2, 0.25) is 0 Å². The summed E-state index contributed by atoms with van der Waals surface area (Å²) in [6, 6.07) is 8.17. The van der Waals surface area contributed by atoms with E-state index in [2.05, 4.69) is 19.1 Å². The van der Waals surface area contributed by atoms with Crippen LogP contribution in [0.4, 0.5) is 0 Å². The molecule has 0 spiro atoms. The maximum absolute atomic E-state index is 6.31. The standard InChI is InChI=1S/C14H21NO/c1-12-5-7-13(8-6-12)16-11-14(15)9-3-2-4-10-14/h5-8H,2-4,9-11,15H2,1H3. The lowest BCUT2D eigenvalue weighted by molar-refractivity contribution is 0.174. The lowest BCUT2D eigenvalue weighted by atomic mass is 9.83.